The number of fused-ring (bicyclic) bond motifs is 2. The zero-order valence-corrected chi connectivity index (χ0v) is 19.0. The van der Waals surface area contributed by atoms with E-state index < -0.39 is 11.3 Å². The van der Waals surface area contributed by atoms with E-state index in [0.29, 0.717) is 11.3 Å². The molecular formula is C22H16N3O5PS. The number of hydrogen-bond donors (Lipinski definition) is 0. The van der Waals surface area contributed by atoms with E-state index in [9.17, 15) is 9.59 Å². The molecule has 5 rings (SSSR count). The van der Waals surface area contributed by atoms with Crippen LogP contribution in [0.4, 0.5) is 0 Å². The van der Waals surface area contributed by atoms with Gasteiger partial charge in [-0.15, -0.1) is 9.24 Å². The summed E-state index contributed by atoms with van der Waals surface area (Å²) in [5.41, 5.74) is 0.995. The van der Waals surface area contributed by atoms with Crippen molar-refractivity contribution in [2.75, 3.05) is 7.11 Å². The Bertz CT molecular complexity index is 1620. The van der Waals surface area contributed by atoms with Crippen LogP contribution in [0.1, 0.15) is 5.56 Å². The molecule has 0 saturated heterocycles. The van der Waals surface area contributed by atoms with E-state index in [1.165, 1.54) is 30.7 Å². The summed E-state index contributed by atoms with van der Waals surface area (Å²) in [4.78, 5) is 34.1. The van der Waals surface area contributed by atoms with Gasteiger partial charge in [-0.3, -0.25) is 4.79 Å². The van der Waals surface area contributed by atoms with Crippen LogP contribution in [0.25, 0.3) is 26.4 Å². The molecule has 0 spiro atoms. The molecular weight excluding hydrogens is 449 g/mol. The fourth-order valence-electron chi connectivity index (χ4n) is 3.29. The molecule has 0 saturated carbocycles. The van der Waals surface area contributed by atoms with Gasteiger partial charge in [0.2, 0.25) is 10.7 Å². The maximum atomic E-state index is 13.0. The van der Waals surface area contributed by atoms with Gasteiger partial charge in [0, 0.05) is 18.3 Å². The molecule has 0 aliphatic heterocycles. The Morgan fingerprint density at radius 1 is 1.09 bits per heavy atom. The largest absolute Gasteiger partial charge is 0.493 e. The van der Waals surface area contributed by atoms with E-state index in [1.807, 2.05) is 31.2 Å². The second kappa shape index (κ2) is 7.85. The second-order valence-corrected chi connectivity index (χ2v) is 8.63. The standard InChI is InChI=1S/C22H16N3O5PS/c1-11-9-13(31)4-6-15(11)29-12-3-5-14-17(10-12)32-21(24-14)25-20(26)18-19(30-22(25)27)16(28-2)7-8-23-18/h3-10H,31H2,1-2H3. The summed E-state index contributed by atoms with van der Waals surface area (Å²) in [5, 5.41) is 1.26. The minimum Gasteiger partial charge on any atom is -0.493 e. The fourth-order valence-corrected chi connectivity index (χ4v) is 4.62. The van der Waals surface area contributed by atoms with Crippen molar-refractivity contribution in [2.45, 2.75) is 6.92 Å². The molecule has 0 bridgehead atoms. The van der Waals surface area contributed by atoms with E-state index in [4.69, 9.17) is 13.9 Å². The van der Waals surface area contributed by atoms with Crippen molar-refractivity contribution >= 4 is 47.2 Å². The van der Waals surface area contributed by atoms with Crippen molar-refractivity contribution in [3.8, 4) is 22.4 Å². The molecule has 0 fully saturated rings. The maximum absolute atomic E-state index is 13.0. The first kappa shape index (κ1) is 20.4. The van der Waals surface area contributed by atoms with E-state index >= 15 is 0 Å². The van der Waals surface area contributed by atoms with E-state index in [1.54, 1.807) is 12.1 Å². The SMILES string of the molecule is COc1ccnc2c(=O)n(-c3nc4ccc(Oc5ccc(P)cc5C)cc4s3)c(=O)oc12. The molecule has 2 aromatic carbocycles. The highest BCUT2D eigenvalue weighted by atomic mass is 32.1. The lowest BCUT2D eigenvalue weighted by molar-refractivity contribution is 0.401. The molecule has 0 aliphatic carbocycles. The highest BCUT2D eigenvalue weighted by Gasteiger charge is 2.18. The molecule has 3 aromatic heterocycles. The number of aryl methyl sites for hydroxylation is 1. The minimum atomic E-state index is -0.863. The average molecular weight is 465 g/mol. The normalized spacial score (nSPS) is 11.2. The topological polar surface area (TPSA) is 96.5 Å². The molecule has 3 heterocycles. The van der Waals surface area contributed by atoms with Crippen LogP contribution in [0.5, 0.6) is 17.2 Å². The molecule has 0 aliphatic rings. The van der Waals surface area contributed by atoms with Gasteiger partial charge < -0.3 is 13.9 Å². The molecule has 0 radical (unpaired) electrons. The first-order valence-electron chi connectivity index (χ1n) is 9.48. The predicted octanol–water partition coefficient (Wildman–Crippen LogP) is 3.56. The van der Waals surface area contributed by atoms with Gasteiger partial charge in [0.25, 0.3) is 5.56 Å². The lowest BCUT2D eigenvalue weighted by atomic mass is 10.2. The van der Waals surface area contributed by atoms with E-state index in [2.05, 4.69) is 19.2 Å². The Labute approximate surface area is 187 Å². The molecule has 10 heteroatoms. The zero-order chi connectivity index (χ0) is 22.4. The van der Waals surface area contributed by atoms with Gasteiger partial charge >= 0.3 is 5.76 Å². The summed E-state index contributed by atoms with van der Waals surface area (Å²) < 4.78 is 18.1. The molecule has 0 N–H and O–H groups in total. The van der Waals surface area contributed by atoms with Crippen LogP contribution < -0.4 is 26.1 Å². The molecule has 8 nitrogen and oxygen atoms in total. The Hall–Kier alpha value is -3.55. The second-order valence-electron chi connectivity index (χ2n) is 6.95. The summed E-state index contributed by atoms with van der Waals surface area (Å²) in [6, 6.07) is 12.8. The average Bonchev–Trinajstić information content (AvgIpc) is 3.18. The van der Waals surface area contributed by atoms with Crippen LogP contribution in [0.15, 0.2) is 62.7 Å². The first-order valence-corrected chi connectivity index (χ1v) is 10.9. The lowest BCUT2D eigenvalue weighted by Gasteiger charge is -2.09. The molecule has 5 aromatic rings. The third-order valence-electron chi connectivity index (χ3n) is 4.83. The predicted molar refractivity (Wildman–Crippen MR) is 126 cm³/mol. The van der Waals surface area contributed by atoms with Gasteiger partial charge in [-0.2, -0.15) is 4.57 Å². The number of thiazole rings is 1. The smallest absolute Gasteiger partial charge is 0.429 e. The molecule has 1 atom stereocenters. The van der Waals surface area contributed by atoms with Gasteiger partial charge in [-0.05, 0) is 42.1 Å². The number of nitrogens with zero attached hydrogens (tertiary/aromatic N) is 3. The molecule has 0 amide bonds. The van der Waals surface area contributed by atoms with Crippen LogP contribution in [-0.4, -0.2) is 21.6 Å². The third kappa shape index (κ3) is 3.45. The number of benzene rings is 2. The summed E-state index contributed by atoms with van der Waals surface area (Å²) in [6.07, 6.45) is 1.42. The van der Waals surface area contributed by atoms with Gasteiger partial charge in [-0.25, -0.2) is 14.8 Å². The monoisotopic (exact) mass is 465 g/mol. The number of hydrogen-bond acceptors (Lipinski definition) is 8. The van der Waals surface area contributed by atoms with Crippen LogP contribution in [-0.2, 0) is 0 Å². The van der Waals surface area contributed by atoms with Crippen molar-refractivity contribution in [1.82, 2.24) is 14.5 Å². The molecule has 32 heavy (non-hydrogen) atoms. The number of methoxy groups -OCH3 is 1. The van der Waals surface area contributed by atoms with E-state index in [0.717, 1.165) is 25.9 Å². The first-order chi connectivity index (χ1) is 15.4. The van der Waals surface area contributed by atoms with Crippen LogP contribution in [0.2, 0.25) is 0 Å². The Kier molecular flexibility index (Phi) is 5.00. The summed E-state index contributed by atoms with van der Waals surface area (Å²) in [7, 11) is 4.08. The van der Waals surface area contributed by atoms with Crippen LogP contribution in [0.3, 0.4) is 0 Å². The van der Waals surface area contributed by atoms with Gasteiger partial charge in [0.15, 0.2) is 11.3 Å². The number of pyridine rings is 1. The highest BCUT2D eigenvalue weighted by Crippen LogP contribution is 2.31. The lowest BCUT2D eigenvalue weighted by Crippen LogP contribution is -2.31. The maximum Gasteiger partial charge on any atom is 0.429 e. The summed E-state index contributed by atoms with van der Waals surface area (Å²) in [6.45, 7) is 1.97. The van der Waals surface area contributed by atoms with Crippen molar-refractivity contribution in [3.63, 3.8) is 0 Å². The Morgan fingerprint density at radius 2 is 1.94 bits per heavy atom. The third-order valence-corrected chi connectivity index (χ3v) is 6.20. The van der Waals surface area contributed by atoms with Gasteiger partial charge in [-0.1, -0.05) is 17.4 Å². The molecule has 160 valence electrons. The highest BCUT2D eigenvalue weighted by molar-refractivity contribution is 7.27. The van der Waals surface area contributed by atoms with E-state index in [-0.39, 0.29) is 22.0 Å². The summed E-state index contributed by atoms with van der Waals surface area (Å²) >= 11 is 1.18. The van der Waals surface area contributed by atoms with Gasteiger partial charge in [0.1, 0.15) is 11.5 Å². The number of aromatic nitrogens is 3. The van der Waals surface area contributed by atoms with Crippen molar-refractivity contribution in [1.29, 1.82) is 0 Å². The Balaban J connectivity index is 1.59. The van der Waals surface area contributed by atoms with Crippen LogP contribution in [0, 0.1) is 6.92 Å². The van der Waals surface area contributed by atoms with Crippen molar-refractivity contribution in [3.05, 3.63) is 75.1 Å². The number of rotatable bonds is 4. The zero-order valence-electron chi connectivity index (χ0n) is 17.0. The van der Waals surface area contributed by atoms with Crippen LogP contribution >= 0.6 is 20.6 Å². The molecule has 1 unspecified atom stereocenters. The fraction of sp³-hybridized carbons (Fsp3) is 0.0909. The summed E-state index contributed by atoms with van der Waals surface area (Å²) in [5.74, 6) is 0.758. The van der Waals surface area contributed by atoms with Gasteiger partial charge in [0.05, 0.1) is 17.3 Å². The number of ether oxygens (including phenoxy) is 2. The Morgan fingerprint density at radius 3 is 2.72 bits per heavy atom. The van der Waals surface area contributed by atoms with Crippen molar-refractivity contribution < 1.29 is 13.9 Å². The quantitative estimate of drug-likeness (QED) is 0.375. The minimum absolute atomic E-state index is 0.00455. The van der Waals surface area contributed by atoms with Crippen molar-refractivity contribution in [2.24, 2.45) is 0 Å².